The Kier molecular flexibility index (Phi) is 6.56. The summed E-state index contributed by atoms with van der Waals surface area (Å²) < 4.78 is 65.7. The van der Waals surface area contributed by atoms with Gasteiger partial charge >= 0.3 is 12.3 Å². The van der Waals surface area contributed by atoms with E-state index in [9.17, 15) is 22.4 Å². The van der Waals surface area contributed by atoms with Crippen LogP contribution in [0.25, 0.3) is 5.57 Å². The van der Waals surface area contributed by atoms with Gasteiger partial charge in [0.2, 0.25) is 0 Å². The fraction of sp³-hybridized carbons (Fsp3) is 0.385. The molecular weight excluding hydrogens is 506 g/mol. The monoisotopic (exact) mass is 533 g/mol. The topological polar surface area (TPSA) is 69.6 Å². The number of anilines is 2. The highest BCUT2D eigenvalue weighted by Crippen LogP contribution is 2.54. The molecule has 0 radical (unpaired) electrons. The van der Waals surface area contributed by atoms with E-state index in [4.69, 9.17) is 9.47 Å². The minimum absolute atomic E-state index is 0.0229. The van der Waals surface area contributed by atoms with Crippen molar-refractivity contribution in [2.45, 2.75) is 30.7 Å². The van der Waals surface area contributed by atoms with E-state index in [-0.39, 0.29) is 29.2 Å². The van der Waals surface area contributed by atoms with Crippen LogP contribution >= 0.6 is 0 Å². The fourth-order valence-corrected chi connectivity index (χ4v) is 5.61. The van der Waals surface area contributed by atoms with E-state index in [1.807, 2.05) is 30.6 Å². The number of hydrogen-bond donors (Lipinski definition) is 1. The van der Waals surface area contributed by atoms with Gasteiger partial charge in [-0.05, 0) is 65.5 Å². The molecule has 0 unspecified atom stereocenters. The molecule has 202 valence electrons. The summed E-state index contributed by atoms with van der Waals surface area (Å²) in [4.78, 5) is 14.6. The highest BCUT2D eigenvalue weighted by atomic mass is 19.4. The Bertz CT molecular complexity index is 1280. The predicted octanol–water partition coefficient (Wildman–Crippen LogP) is 4.42. The summed E-state index contributed by atoms with van der Waals surface area (Å²) in [5.74, 6) is -1.67. The van der Waals surface area contributed by atoms with E-state index in [1.165, 1.54) is 19.2 Å². The SMILES string of the molecule is COC(=O)[C@H]1CC[C@@]2(C=C(c3cc(N4C=NNN4C(F)(F)F)ccc3N(C)C)CO2)[C@@H]1c1ccc(F)cc1. The summed E-state index contributed by atoms with van der Waals surface area (Å²) in [6.45, 7) is 0.186. The van der Waals surface area contributed by atoms with Crippen molar-refractivity contribution in [3.63, 3.8) is 0 Å². The number of ether oxygens (including phenoxy) is 2. The van der Waals surface area contributed by atoms with Crippen molar-refractivity contribution in [3.05, 3.63) is 65.5 Å². The van der Waals surface area contributed by atoms with Crippen LogP contribution in [0.2, 0.25) is 0 Å². The Balaban J connectivity index is 1.57. The largest absolute Gasteiger partial charge is 0.497 e. The van der Waals surface area contributed by atoms with Crippen molar-refractivity contribution in [3.8, 4) is 0 Å². The number of hydrazine groups is 2. The molecule has 1 fully saturated rings. The first-order chi connectivity index (χ1) is 18.0. The van der Waals surface area contributed by atoms with Crippen LogP contribution in [0.15, 0.2) is 53.6 Å². The van der Waals surface area contributed by atoms with Crippen LogP contribution < -0.4 is 15.4 Å². The molecule has 12 heteroatoms. The lowest BCUT2D eigenvalue weighted by Crippen LogP contribution is -2.52. The lowest BCUT2D eigenvalue weighted by atomic mass is 9.79. The average Bonchev–Trinajstić information content (AvgIpc) is 3.63. The number of methoxy groups -OCH3 is 1. The summed E-state index contributed by atoms with van der Waals surface area (Å²) in [5, 5.41) is 4.40. The minimum Gasteiger partial charge on any atom is -0.469 e. The van der Waals surface area contributed by atoms with E-state index >= 15 is 0 Å². The van der Waals surface area contributed by atoms with Gasteiger partial charge in [-0.25, -0.2) is 14.9 Å². The minimum atomic E-state index is -4.70. The quantitative estimate of drug-likeness (QED) is 0.347. The standard InChI is InChI=1S/C26H27F4N5O3/c1-33(2)22-9-8-19(34-15-31-32-35(34)26(28,29)30)12-21(22)17-13-25(38-14-17)11-10-20(24(36)37-3)23(25)16-4-6-18(27)7-5-16/h4-9,12-13,15,20,23,32H,10-11,14H2,1-3H3/t20-,23+,25+/m0/s1. The van der Waals surface area contributed by atoms with Gasteiger partial charge in [-0.3, -0.25) is 4.79 Å². The molecule has 1 spiro atoms. The maximum atomic E-state index is 13.7. The number of nitrogens with zero attached hydrogens (tertiary/aromatic N) is 4. The molecule has 3 atom stereocenters. The number of alkyl halides is 3. The summed E-state index contributed by atoms with van der Waals surface area (Å²) in [5.41, 5.74) is 4.32. The molecule has 2 aromatic carbocycles. The Morgan fingerprint density at radius 2 is 1.95 bits per heavy atom. The molecule has 1 saturated carbocycles. The van der Waals surface area contributed by atoms with Gasteiger partial charge in [0.25, 0.3) is 0 Å². The van der Waals surface area contributed by atoms with Crippen LogP contribution in [0.5, 0.6) is 0 Å². The third-order valence-electron chi connectivity index (χ3n) is 7.27. The summed E-state index contributed by atoms with van der Waals surface area (Å²) in [7, 11) is 5.02. The number of hydrazone groups is 1. The number of nitrogens with one attached hydrogen (secondary N) is 1. The van der Waals surface area contributed by atoms with Gasteiger partial charge in [0, 0.05) is 31.3 Å². The lowest BCUT2D eigenvalue weighted by molar-refractivity contribution is -0.259. The summed E-state index contributed by atoms with van der Waals surface area (Å²) in [6, 6.07) is 11.0. The third-order valence-corrected chi connectivity index (χ3v) is 7.27. The molecular formula is C26H27F4N5O3. The van der Waals surface area contributed by atoms with Crippen molar-refractivity contribution in [2.24, 2.45) is 11.0 Å². The van der Waals surface area contributed by atoms with Gasteiger partial charge in [-0.1, -0.05) is 12.1 Å². The molecule has 0 aromatic heterocycles. The molecule has 0 saturated heterocycles. The number of rotatable bonds is 5. The Labute approximate surface area is 217 Å². The first kappa shape index (κ1) is 26.0. The molecule has 2 aromatic rings. The molecule has 38 heavy (non-hydrogen) atoms. The third kappa shape index (κ3) is 4.47. The Morgan fingerprint density at radius 1 is 1.21 bits per heavy atom. The first-order valence-electron chi connectivity index (χ1n) is 12.0. The number of esters is 1. The number of halogens is 4. The van der Waals surface area contributed by atoms with Crippen molar-refractivity contribution in [1.29, 1.82) is 0 Å². The van der Waals surface area contributed by atoms with Crippen LogP contribution in [-0.4, -0.2) is 57.1 Å². The van der Waals surface area contributed by atoms with Gasteiger partial charge in [0.15, 0.2) is 0 Å². The average molecular weight is 534 g/mol. The van der Waals surface area contributed by atoms with E-state index in [2.05, 4.69) is 5.10 Å². The van der Waals surface area contributed by atoms with Gasteiger partial charge in [0.05, 0.1) is 30.9 Å². The van der Waals surface area contributed by atoms with Crippen LogP contribution in [-0.2, 0) is 14.3 Å². The molecule has 2 heterocycles. The maximum Gasteiger partial charge on any atom is 0.497 e. The molecule has 0 amide bonds. The summed E-state index contributed by atoms with van der Waals surface area (Å²) >= 11 is 0. The van der Waals surface area contributed by atoms with Gasteiger partial charge in [0.1, 0.15) is 12.2 Å². The zero-order valence-electron chi connectivity index (χ0n) is 21.0. The molecule has 0 bridgehead atoms. The molecule has 5 rings (SSSR count). The highest BCUT2D eigenvalue weighted by Gasteiger charge is 2.54. The number of hydrogen-bond acceptors (Lipinski definition) is 8. The Hall–Kier alpha value is -3.64. The van der Waals surface area contributed by atoms with Crippen LogP contribution in [0.1, 0.15) is 29.9 Å². The molecule has 3 aliphatic rings. The van der Waals surface area contributed by atoms with Crippen LogP contribution in [0.4, 0.5) is 28.9 Å². The van der Waals surface area contributed by atoms with Crippen molar-refractivity contribution in [2.75, 3.05) is 37.7 Å². The zero-order valence-corrected chi connectivity index (χ0v) is 21.0. The second-order valence-electron chi connectivity index (χ2n) is 9.68. The second-order valence-corrected chi connectivity index (χ2v) is 9.68. The smallest absolute Gasteiger partial charge is 0.469 e. The first-order valence-corrected chi connectivity index (χ1v) is 12.0. The fourth-order valence-electron chi connectivity index (χ4n) is 5.61. The normalized spacial score (nSPS) is 25.1. The van der Waals surface area contributed by atoms with Crippen molar-refractivity contribution < 1.29 is 31.8 Å². The molecule has 8 nitrogen and oxygen atoms in total. The van der Waals surface area contributed by atoms with E-state index in [1.54, 1.807) is 30.3 Å². The zero-order chi connectivity index (χ0) is 27.2. The lowest BCUT2D eigenvalue weighted by Gasteiger charge is -2.31. The molecule has 1 N–H and O–H groups in total. The molecule has 1 aliphatic carbocycles. The summed E-state index contributed by atoms with van der Waals surface area (Å²) in [6.07, 6.45) is -0.652. The molecule has 2 aliphatic heterocycles. The van der Waals surface area contributed by atoms with E-state index in [0.29, 0.717) is 18.4 Å². The van der Waals surface area contributed by atoms with Crippen molar-refractivity contribution in [1.82, 2.24) is 10.7 Å². The van der Waals surface area contributed by atoms with E-state index in [0.717, 1.165) is 28.2 Å². The number of carbonyl (C=O) groups excluding carboxylic acids is 1. The Morgan fingerprint density at radius 3 is 2.61 bits per heavy atom. The number of carbonyl (C=O) groups is 1. The second kappa shape index (κ2) is 9.59. The van der Waals surface area contributed by atoms with Gasteiger partial charge in [-0.2, -0.15) is 18.3 Å². The predicted molar refractivity (Wildman–Crippen MR) is 133 cm³/mol. The highest BCUT2D eigenvalue weighted by molar-refractivity contribution is 5.86. The van der Waals surface area contributed by atoms with Crippen LogP contribution in [0, 0.1) is 11.7 Å². The van der Waals surface area contributed by atoms with E-state index < -0.39 is 23.7 Å². The number of benzene rings is 2. The maximum absolute atomic E-state index is 13.7. The van der Waals surface area contributed by atoms with Crippen LogP contribution in [0.3, 0.4) is 0 Å². The van der Waals surface area contributed by atoms with Gasteiger partial charge in [-0.15, -0.1) is 0 Å². The van der Waals surface area contributed by atoms with Gasteiger partial charge < -0.3 is 14.4 Å². The van der Waals surface area contributed by atoms with Crippen molar-refractivity contribution >= 4 is 29.3 Å².